The van der Waals surface area contributed by atoms with Gasteiger partial charge in [-0.05, 0) is 51.2 Å². The van der Waals surface area contributed by atoms with Crippen molar-refractivity contribution in [2.75, 3.05) is 31.6 Å². The number of aromatic nitrogens is 3. The number of piperidine rings is 1. The van der Waals surface area contributed by atoms with Crippen LogP contribution in [0.4, 0.5) is 4.39 Å². The van der Waals surface area contributed by atoms with Crippen LogP contribution >= 0.6 is 0 Å². The van der Waals surface area contributed by atoms with Gasteiger partial charge in [0.15, 0.2) is 15.6 Å². The number of hydrogen-bond acceptors (Lipinski definition) is 7. The van der Waals surface area contributed by atoms with Crippen molar-refractivity contribution < 1.29 is 22.3 Å². The van der Waals surface area contributed by atoms with Crippen molar-refractivity contribution >= 4 is 26.7 Å². The Morgan fingerprint density at radius 1 is 1.25 bits per heavy atom. The average Bonchev–Trinajstić information content (AvgIpc) is 3.16. The molecule has 0 radical (unpaired) electrons. The molecule has 36 heavy (non-hydrogen) atoms. The molecule has 2 aromatic heterocycles. The molecule has 0 saturated carbocycles. The SMILES string of the molecule is CC(F)Oc1cccc(-c2nn(C3CCN(C)CC3)c3cc(C(=O)CC4(C)CS(=O)(=O)C4)cnc23)c1. The number of nitrogens with zero attached hydrogens (tertiary/aromatic N) is 4. The van der Waals surface area contributed by atoms with Gasteiger partial charge in [0.2, 0.25) is 6.36 Å². The number of benzene rings is 1. The molecule has 3 aromatic rings. The summed E-state index contributed by atoms with van der Waals surface area (Å²) in [6.45, 7) is 5.05. The lowest BCUT2D eigenvalue weighted by atomic mass is 9.86. The van der Waals surface area contributed by atoms with E-state index in [2.05, 4.69) is 16.9 Å². The Hall–Kier alpha value is -2.85. The number of carbonyl (C=O) groups excluding carboxylic acids is 1. The first-order valence-electron chi connectivity index (χ1n) is 12.2. The van der Waals surface area contributed by atoms with E-state index in [0.29, 0.717) is 22.5 Å². The van der Waals surface area contributed by atoms with Crippen molar-refractivity contribution in [3.8, 4) is 17.0 Å². The molecule has 2 saturated heterocycles. The number of likely N-dealkylation sites (tertiary alicyclic amines) is 1. The summed E-state index contributed by atoms with van der Waals surface area (Å²) in [5.41, 5.74) is 2.76. The Labute approximate surface area is 210 Å². The van der Waals surface area contributed by atoms with Crippen LogP contribution in [-0.4, -0.2) is 71.9 Å². The molecule has 0 spiro atoms. The van der Waals surface area contributed by atoms with E-state index >= 15 is 0 Å². The molecule has 0 amide bonds. The molecular weight excluding hydrogens is 483 g/mol. The lowest BCUT2D eigenvalue weighted by Gasteiger charge is -2.37. The lowest BCUT2D eigenvalue weighted by Crippen LogP contribution is -2.47. The van der Waals surface area contributed by atoms with Gasteiger partial charge in [0.25, 0.3) is 0 Å². The summed E-state index contributed by atoms with van der Waals surface area (Å²) < 4.78 is 44.0. The Bertz CT molecular complexity index is 1400. The predicted molar refractivity (Wildman–Crippen MR) is 136 cm³/mol. The molecule has 2 fully saturated rings. The minimum absolute atomic E-state index is 0.0367. The van der Waals surface area contributed by atoms with Gasteiger partial charge in [0, 0.05) is 36.1 Å². The monoisotopic (exact) mass is 514 g/mol. The molecule has 5 rings (SSSR count). The Morgan fingerprint density at radius 3 is 2.64 bits per heavy atom. The Balaban J connectivity index is 1.54. The van der Waals surface area contributed by atoms with E-state index in [0.717, 1.165) is 37.0 Å². The number of hydrogen-bond donors (Lipinski definition) is 0. The molecule has 2 aliphatic rings. The number of halogens is 1. The molecule has 1 aromatic carbocycles. The van der Waals surface area contributed by atoms with Gasteiger partial charge in [0.05, 0.1) is 23.1 Å². The number of ether oxygens (including phenoxy) is 1. The van der Waals surface area contributed by atoms with E-state index in [1.54, 1.807) is 24.4 Å². The summed E-state index contributed by atoms with van der Waals surface area (Å²) in [6, 6.07) is 9.11. The van der Waals surface area contributed by atoms with Gasteiger partial charge in [-0.1, -0.05) is 19.1 Å². The molecule has 1 unspecified atom stereocenters. The maximum Gasteiger partial charge on any atom is 0.235 e. The number of rotatable bonds is 7. The van der Waals surface area contributed by atoms with Crippen molar-refractivity contribution in [1.29, 1.82) is 0 Å². The number of fused-ring (bicyclic) bond motifs is 1. The summed E-state index contributed by atoms with van der Waals surface area (Å²) in [6.07, 6.45) is 2.12. The summed E-state index contributed by atoms with van der Waals surface area (Å²) in [7, 11) is -0.939. The Kier molecular flexibility index (Phi) is 6.36. The molecule has 10 heteroatoms. The van der Waals surface area contributed by atoms with E-state index < -0.39 is 21.6 Å². The van der Waals surface area contributed by atoms with Gasteiger partial charge >= 0.3 is 0 Å². The van der Waals surface area contributed by atoms with Crippen LogP contribution in [0.25, 0.3) is 22.3 Å². The second-order valence-corrected chi connectivity index (χ2v) is 12.6. The fraction of sp³-hybridized carbons (Fsp3) is 0.500. The predicted octanol–water partition coefficient (Wildman–Crippen LogP) is 4.07. The standard InChI is InChI=1S/C26H31FN4O4S/c1-17(27)35-21-6-4-5-18(11-21)24-25-22(31(29-24)20-7-9-30(3)10-8-20)12-19(14-28-25)23(32)13-26(2)15-36(33,34)16-26/h4-6,11-12,14,17,20H,7-10,13,15-16H2,1-3H3. The molecule has 8 nitrogen and oxygen atoms in total. The highest BCUT2D eigenvalue weighted by Gasteiger charge is 2.45. The number of pyridine rings is 1. The largest absolute Gasteiger partial charge is 0.461 e. The molecule has 192 valence electrons. The van der Waals surface area contributed by atoms with Crippen LogP contribution in [0, 0.1) is 5.41 Å². The Morgan fingerprint density at radius 2 is 1.97 bits per heavy atom. The lowest BCUT2D eigenvalue weighted by molar-refractivity contribution is 0.0860. The number of Topliss-reactive ketones (excluding diaryl/α,β-unsaturated/α-hetero) is 1. The number of carbonyl (C=O) groups is 1. The topological polar surface area (TPSA) is 94.4 Å². The van der Waals surface area contributed by atoms with Crippen molar-refractivity contribution in [1.82, 2.24) is 19.7 Å². The molecular formula is C26H31FN4O4S. The first-order chi connectivity index (χ1) is 17.0. The van der Waals surface area contributed by atoms with E-state index in [1.807, 2.05) is 23.7 Å². The van der Waals surface area contributed by atoms with Crippen molar-refractivity contribution in [3.05, 3.63) is 42.1 Å². The van der Waals surface area contributed by atoms with Crippen molar-refractivity contribution in [2.24, 2.45) is 5.41 Å². The molecule has 0 bridgehead atoms. The van der Waals surface area contributed by atoms with Crippen LogP contribution in [0.2, 0.25) is 0 Å². The fourth-order valence-electron chi connectivity index (χ4n) is 5.40. The van der Waals surface area contributed by atoms with Gasteiger partial charge < -0.3 is 9.64 Å². The van der Waals surface area contributed by atoms with E-state index in [9.17, 15) is 17.6 Å². The van der Waals surface area contributed by atoms with Crippen LogP contribution in [0.1, 0.15) is 49.5 Å². The van der Waals surface area contributed by atoms with Gasteiger partial charge in [-0.25, -0.2) is 12.8 Å². The van der Waals surface area contributed by atoms with E-state index in [1.165, 1.54) is 6.92 Å². The number of ketones is 1. The first kappa shape index (κ1) is 24.8. The van der Waals surface area contributed by atoms with Crippen molar-refractivity contribution in [3.63, 3.8) is 0 Å². The number of alkyl halides is 1. The van der Waals surface area contributed by atoms with Gasteiger partial charge in [-0.3, -0.25) is 14.5 Å². The fourth-order valence-corrected chi connectivity index (χ4v) is 7.64. The zero-order chi connectivity index (χ0) is 25.7. The third-order valence-corrected chi connectivity index (χ3v) is 9.31. The van der Waals surface area contributed by atoms with E-state index in [4.69, 9.17) is 9.84 Å². The maximum atomic E-state index is 13.4. The maximum absolute atomic E-state index is 13.4. The number of sulfone groups is 1. The zero-order valence-electron chi connectivity index (χ0n) is 20.8. The van der Waals surface area contributed by atoms with Crippen LogP contribution < -0.4 is 4.74 Å². The summed E-state index contributed by atoms with van der Waals surface area (Å²) in [4.78, 5) is 20.1. The smallest absolute Gasteiger partial charge is 0.235 e. The molecule has 4 heterocycles. The molecule has 2 aliphatic heterocycles. The highest BCUT2D eigenvalue weighted by atomic mass is 32.2. The summed E-state index contributed by atoms with van der Waals surface area (Å²) in [5.74, 6) is 0.357. The van der Waals surface area contributed by atoms with Crippen molar-refractivity contribution in [2.45, 2.75) is 45.5 Å². The summed E-state index contributed by atoms with van der Waals surface area (Å²) >= 11 is 0. The first-order valence-corrected chi connectivity index (χ1v) is 14.1. The van der Waals surface area contributed by atoms with Gasteiger partial charge in [-0.15, -0.1) is 0 Å². The average molecular weight is 515 g/mol. The third-order valence-electron chi connectivity index (χ3n) is 7.03. The quantitative estimate of drug-likeness (QED) is 0.439. The highest BCUT2D eigenvalue weighted by molar-refractivity contribution is 7.92. The van der Waals surface area contributed by atoms with Gasteiger partial charge in [0.1, 0.15) is 17.0 Å². The van der Waals surface area contributed by atoms with Crippen LogP contribution in [-0.2, 0) is 9.84 Å². The van der Waals surface area contributed by atoms with Gasteiger partial charge in [-0.2, -0.15) is 5.10 Å². The molecule has 0 aliphatic carbocycles. The zero-order valence-corrected chi connectivity index (χ0v) is 21.6. The van der Waals surface area contributed by atoms with Crippen LogP contribution in [0.15, 0.2) is 36.5 Å². The highest BCUT2D eigenvalue weighted by Crippen LogP contribution is 2.38. The molecule has 1 atom stereocenters. The second-order valence-electron chi connectivity index (χ2n) is 10.6. The minimum Gasteiger partial charge on any atom is -0.461 e. The van der Waals surface area contributed by atoms with Crippen LogP contribution in [0.3, 0.4) is 0 Å². The minimum atomic E-state index is -3.04. The summed E-state index contributed by atoms with van der Waals surface area (Å²) in [5, 5.41) is 4.95. The normalized spacial score (nSPS) is 20.7. The van der Waals surface area contributed by atoms with E-state index in [-0.39, 0.29) is 29.8 Å². The second kappa shape index (κ2) is 9.23. The third kappa shape index (κ3) is 5.01. The molecule has 0 N–H and O–H groups in total. The van der Waals surface area contributed by atoms with Crippen LogP contribution in [0.5, 0.6) is 5.75 Å².